The summed E-state index contributed by atoms with van der Waals surface area (Å²) in [6, 6.07) is 4.43. The molecule has 0 aliphatic carbocycles. The number of aliphatic imine (C=N–C) groups is 1. The van der Waals surface area contributed by atoms with Gasteiger partial charge in [0, 0.05) is 5.56 Å². The van der Waals surface area contributed by atoms with Crippen molar-refractivity contribution in [1.29, 1.82) is 0 Å². The number of aromatic carboxylic acids is 1. The lowest BCUT2D eigenvalue weighted by atomic mass is 10.2. The maximum atomic E-state index is 11.0. The Hall–Kier alpha value is -2.24. The fraction of sp³-hybridized carbons (Fsp3) is 0.385. The molecule has 0 aliphatic heterocycles. The van der Waals surface area contributed by atoms with Gasteiger partial charge in [-0.15, -0.1) is 0 Å². The molecule has 6 nitrogen and oxygen atoms in total. The number of carbonyl (C=O) groups is 1. The molecule has 0 saturated carbocycles. The summed E-state index contributed by atoms with van der Waals surface area (Å²) in [6.07, 6.45) is 2.98. The monoisotopic (exact) mass is 264 g/mol. The zero-order valence-corrected chi connectivity index (χ0v) is 10.9. The van der Waals surface area contributed by atoms with Crippen molar-refractivity contribution in [2.45, 2.75) is 26.2 Å². The van der Waals surface area contributed by atoms with Crippen molar-refractivity contribution >= 4 is 17.6 Å². The second-order valence-electron chi connectivity index (χ2n) is 4.06. The van der Waals surface area contributed by atoms with Crippen LogP contribution in [0.1, 0.15) is 36.5 Å². The van der Waals surface area contributed by atoms with Gasteiger partial charge in [-0.05, 0) is 24.6 Å². The molecule has 1 aromatic rings. The number of rotatable bonds is 7. The highest BCUT2D eigenvalue weighted by atomic mass is 16.5. The highest BCUT2D eigenvalue weighted by Gasteiger charge is 2.06. The molecule has 0 aromatic heterocycles. The van der Waals surface area contributed by atoms with E-state index in [1.807, 2.05) is 0 Å². The second kappa shape index (κ2) is 7.25. The first-order chi connectivity index (χ1) is 9.04. The SMILES string of the molecule is CCCCCOc1ccc(N=C(N)N)cc1C(=O)[O-]. The summed E-state index contributed by atoms with van der Waals surface area (Å²) in [5.41, 5.74) is 10.8. The number of ether oxygens (including phenoxy) is 1. The van der Waals surface area contributed by atoms with Crippen LogP contribution in [0.2, 0.25) is 0 Å². The third kappa shape index (κ3) is 4.87. The van der Waals surface area contributed by atoms with Crippen molar-refractivity contribution in [2.75, 3.05) is 6.61 Å². The van der Waals surface area contributed by atoms with E-state index in [1.165, 1.54) is 12.1 Å². The van der Waals surface area contributed by atoms with Crippen LogP contribution in [-0.4, -0.2) is 18.5 Å². The van der Waals surface area contributed by atoms with Crippen LogP contribution in [-0.2, 0) is 0 Å². The van der Waals surface area contributed by atoms with Gasteiger partial charge in [-0.3, -0.25) is 0 Å². The molecule has 0 spiro atoms. The van der Waals surface area contributed by atoms with Gasteiger partial charge in [0.25, 0.3) is 0 Å². The van der Waals surface area contributed by atoms with E-state index in [2.05, 4.69) is 11.9 Å². The number of hydrogen-bond donors (Lipinski definition) is 2. The van der Waals surface area contributed by atoms with E-state index >= 15 is 0 Å². The quantitative estimate of drug-likeness (QED) is 0.423. The number of carboxylic acids is 1. The van der Waals surface area contributed by atoms with Gasteiger partial charge in [0.1, 0.15) is 5.75 Å². The van der Waals surface area contributed by atoms with Gasteiger partial charge in [0.2, 0.25) is 0 Å². The number of carbonyl (C=O) groups excluding carboxylic acids is 1. The average Bonchev–Trinajstić information content (AvgIpc) is 2.35. The average molecular weight is 264 g/mol. The van der Waals surface area contributed by atoms with Gasteiger partial charge in [-0.2, -0.15) is 0 Å². The predicted molar refractivity (Wildman–Crippen MR) is 71.3 cm³/mol. The minimum Gasteiger partial charge on any atom is -0.545 e. The normalized spacial score (nSPS) is 9.95. The van der Waals surface area contributed by atoms with Crippen LogP contribution in [0.3, 0.4) is 0 Å². The first-order valence-electron chi connectivity index (χ1n) is 6.12. The van der Waals surface area contributed by atoms with Crippen molar-refractivity contribution < 1.29 is 14.6 Å². The van der Waals surface area contributed by atoms with E-state index < -0.39 is 5.97 Å². The molecule has 104 valence electrons. The van der Waals surface area contributed by atoms with E-state index in [1.54, 1.807) is 6.07 Å². The van der Waals surface area contributed by atoms with Crippen LogP contribution < -0.4 is 21.3 Å². The highest BCUT2D eigenvalue weighted by molar-refractivity contribution is 5.91. The Morgan fingerprint density at radius 1 is 1.37 bits per heavy atom. The van der Waals surface area contributed by atoms with E-state index in [-0.39, 0.29) is 17.3 Å². The van der Waals surface area contributed by atoms with Crippen LogP contribution >= 0.6 is 0 Å². The maximum absolute atomic E-state index is 11.0. The third-order valence-electron chi connectivity index (χ3n) is 2.45. The minimum atomic E-state index is -1.32. The molecule has 0 saturated heterocycles. The third-order valence-corrected chi connectivity index (χ3v) is 2.45. The molecule has 0 bridgehead atoms. The van der Waals surface area contributed by atoms with E-state index in [9.17, 15) is 9.90 Å². The summed E-state index contributed by atoms with van der Waals surface area (Å²) < 4.78 is 5.43. The Balaban J connectivity index is 2.86. The lowest BCUT2D eigenvalue weighted by Gasteiger charge is -2.12. The van der Waals surface area contributed by atoms with Gasteiger partial charge in [-0.25, -0.2) is 4.99 Å². The molecule has 0 amide bonds. The Labute approximate surface area is 112 Å². The van der Waals surface area contributed by atoms with Gasteiger partial charge >= 0.3 is 0 Å². The van der Waals surface area contributed by atoms with E-state index in [0.717, 1.165) is 19.3 Å². The van der Waals surface area contributed by atoms with Gasteiger partial charge < -0.3 is 26.1 Å². The van der Waals surface area contributed by atoms with Crippen molar-refractivity contribution in [2.24, 2.45) is 16.5 Å². The van der Waals surface area contributed by atoms with Crippen molar-refractivity contribution in [3.8, 4) is 5.75 Å². The van der Waals surface area contributed by atoms with Crippen LogP contribution in [0.5, 0.6) is 5.75 Å². The van der Waals surface area contributed by atoms with Gasteiger partial charge in [0.05, 0.1) is 18.3 Å². The number of nitrogens with zero attached hydrogens (tertiary/aromatic N) is 1. The first-order valence-corrected chi connectivity index (χ1v) is 6.12. The maximum Gasteiger partial charge on any atom is 0.191 e. The smallest absolute Gasteiger partial charge is 0.191 e. The molecule has 1 rings (SSSR count). The molecule has 0 heterocycles. The fourth-order valence-electron chi connectivity index (χ4n) is 1.56. The Bertz CT molecular complexity index is 468. The Morgan fingerprint density at radius 3 is 2.68 bits per heavy atom. The number of hydrogen-bond acceptors (Lipinski definition) is 4. The van der Waals surface area contributed by atoms with Gasteiger partial charge in [-0.1, -0.05) is 19.8 Å². The summed E-state index contributed by atoms with van der Waals surface area (Å²) in [7, 11) is 0. The van der Waals surface area contributed by atoms with E-state index in [0.29, 0.717) is 12.3 Å². The summed E-state index contributed by atoms with van der Waals surface area (Å²) >= 11 is 0. The molecule has 0 atom stereocenters. The van der Waals surface area contributed by atoms with Crippen molar-refractivity contribution in [1.82, 2.24) is 0 Å². The lowest BCUT2D eigenvalue weighted by Crippen LogP contribution is -2.24. The highest BCUT2D eigenvalue weighted by Crippen LogP contribution is 2.24. The number of unbranched alkanes of at least 4 members (excludes halogenated alkanes) is 2. The minimum absolute atomic E-state index is 0.0565. The molecule has 0 aliphatic rings. The molecule has 6 heteroatoms. The molecule has 0 radical (unpaired) electrons. The van der Waals surface area contributed by atoms with Crippen molar-refractivity contribution in [3.05, 3.63) is 23.8 Å². The molecule has 1 aromatic carbocycles. The molecule has 4 N–H and O–H groups in total. The van der Waals surface area contributed by atoms with Crippen LogP contribution in [0.4, 0.5) is 5.69 Å². The summed E-state index contributed by atoms with van der Waals surface area (Å²) in [6.45, 7) is 2.55. The number of carboxylic acid groups (broad SMARTS) is 1. The predicted octanol–water partition coefficient (Wildman–Crippen LogP) is 0.524. The number of nitrogens with two attached hydrogens (primary N) is 2. The fourth-order valence-corrected chi connectivity index (χ4v) is 1.56. The number of guanidine groups is 1. The Morgan fingerprint density at radius 2 is 2.11 bits per heavy atom. The van der Waals surface area contributed by atoms with Crippen molar-refractivity contribution in [3.63, 3.8) is 0 Å². The zero-order valence-electron chi connectivity index (χ0n) is 10.9. The summed E-state index contributed by atoms with van der Waals surface area (Å²) in [5, 5.41) is 11.0. The van der Waals surface area contributed by atoms with E-state index in [4.69, 9.17) is 16.2 Å². The van der Waals surface area contributed by atoms with Crippen LogP contribution in [0, 0.1) is 0 Å². The summed E-state index contributed by atoms with van der Waals surface area (Å²) in [5.74, 6) is -1.19. The molecular weight excluding hydrogens is 246 g/mol. The molecular formula is C13H18N3O3-. The van der Waals surface area contributed by atoms with Crippen LogP contribution in [0.25, 0.3) is 0 Å². The molecule has 0 unspecified atom stereocenters. The zero-order chi connectivity index (χ0) is 14.3. The number of benzene rings is 1. The Kier molecular flexibility index (Phi) is 5.66. The van der Waals surface area contributed by atoms with Crippen LogP contribution in [0.15, 0.2) is 23.2 Å². The summed E-state index contributed by atoms with van der Waals surface area (Å²) in [4.78, 5) is 14.8. The molecule has 19 heavy (non-hydrogen) atoms. The second-order valence-corrected chi connectivity index (χ2v) is 4.06. The molecule has 0 fully saturated rings. The largest absolute Gasteiger partial charge is 0.545 e. The topological polar surface area (TPSA) is 114 Å². The standard InChI is InChI=1S/C13H19N3O3/c1-2-3-4-7-19-11-6-5-9(16-13(14)15)8-10(11)12(17)18/h5-6,8H,2-4,7H2,1H3,(H,17,18)(H4,14,15,16)/p-1. The van der Waals surface area contributed by atoms with Gasteiger partial charge in [0.15, 0.2) is 5.96 Å². The lowest BCUT2D eigenvalue weighted by molar-refractivity contribution is -0.255. The first kappa shape index (κ1) is 14.8.